The summed E-state index contributed by atoms with van der Waals surface area (Å²) in [6, 6.07) is 4.53. The van der Waals surface area contributed by atoms with Crippen molar-refractivity contribution in [2.24, 2.45) is 5.92 Å². The van der Waals surface area contributed by atoms with Gasteiger partial charge in [-0.3, -0.25) is 0 Å². The summed E-state index contributed by atoms with van der Waals surface area (Å²) in [4.78, 5) is 25.0. The van der Waals surface area contributed by atoms with Crippen molar-refractivity contribution in [2.75, 3.05) is 60.6 Å². The minimum absolute atomic E-state index is 0.473. The van der Waals surface area contributed by atoms with Gasteiger partial charge in [0.15, 0.2) is 0 Å². The molecule has 2 unspecified atom stereocenters. The van der Waals surface area contributed by atoms with E-state index in [1.165, 1.54) is 12.8 Å². The van der Waals surface area contributed by atoms with Gasteiger partial charge in [-0.25, -0.2) is 15.0 Å². The molecule has 0 aliphatic carbocycles. The van der Waals surface area contributed by atoms with Crippen molar-refractivity contribution in [3.63, 3.8) is 0 Å². The third-order valence-electron chi connectivity index (χ3n) is 5.97. The molecule has 0 radical (unpaired) electrons. The number of rotatable bonds is 3. The average Bonchev–Trinajstić information content (AvgIpc) is 3.18. The van der Waals surface area contributed by atoms with Crippen LogP contribution >= 0.6 is 0 Å². The second-order valence-electron chi connectivity index (χ2n) is 7.43. The monoisotopic (exact) mass is 367 g/mol. The van der Waals surface area contributed by atoms with Crippen molar-refractivity contribution >= 4 is 17.6 Å². The zero-order chi connectivity index (χ0) is 18.1. The summed E-state index contributed by atoms with van der Waals surface area (Å²) in [5.74, 6) is 3.61. The maximum Gasteiger partial charge on any atom is 0.227 e. The molecule has 0 saturated carbocycles. The summed E-state index contributed by atoms with van der Waals surface area (Å²) in [7, 11) is 0. The fraction of sp³-hybridized carbons (Fsp3) is 0.579. The van der Waals surface area contributed by atoms with Crippen LogP contribution in [0.5, 0.6) is 0 Å². The van der Waals surface area contributed by atoms with Gasteiger partial charge in [0.1, 0.15) is 18.0 Å². The molecule has 27 heavy (non-hydrogen) atoms. The Labute approximate surface area is 159 Å². The van der Waals surface area contributed by atoms with Gasteiger partial charge >= 0.3 is 0 Å². The van der Waals surface area contributed by atoms with E-state index in [1.54, 1.807) is 6.33 Å². The predicted molar refractivity (Wildman–Crippen MR) is 103 cm³/mol. The third-order valence-corrected chi connectivity index (χ3v) is 5.97. The Morgan fingerprint density at radius 2 is 1.74 bits per heavy atom. The van der Waals surface area contributed by atoms with Gasteiger partial charge in [0, 0.05) is 45.1 Å². The van der Waals surface area contributed by atoms with Gasteiger partial charge in [-0.05, 0) is 30.9 Å². The summed E-state index contributed by atoms with van der Waals surface area (Å²) in [6.07, 6.45) is 7.78. The molecule has 0 spiro atoms. The molecule has 2 aromatic rings. The van der Waals surface area contributed by atoms with Gasteiger partial charge < -0.3 is 19.4 Å². The van der Waals surface area contributed by atoms with E-state index < -0.39 is 0 Å². The second-order valence-corrected chi connectivity index (χ2v) is 7.43. The van der Waals surface area contributed by atoms with Crippen molar-refractivity contribution in [2.45, 2.75) is 18.9 Å². The molecular formula is C19H25N7O. The summed E-state index contributed by atoms with van der Waals surface area (Å²) in [6.45, 7) is 6.32. The van der Waals surface area contributed by atoms with E-state index in [0.717, 1.165) is 69.4 Å². The fourth-order valence-electron chi connectivity index (χ4n) is 4.52. The number of nitrogens with zero attached hydrogens (tertiary/aromatic N) is 7. The number of hydrogen-bond acceptors (Lipinski definition) is 8. The number of hydrogen-bond donors (Lipinski definition) is 0. The molecule has 3 saturated heterocycles. The van der Waals surface area contributed by atoms with Crippen LogP contribution in [0.4, 0.5) is 17.6 Å². The van der Waals surface area contributed by atoms with Gasteiger partial charge in [-0.1, -0.05) is 0 Å². The molecule has 2 aromatic heterocycles. The lowest BCUT2D eigenvalue weighted by molar-refractivity contribution is 0.122. The highest BCUT2D eigenvalue weighted by Gasteiger charge is 2.39. The summed E-state index contributed by atoms with van der Waals surface area (Å²) in [5, 5.41) is 0. The SMILES string of the molecule is c1cc(N2CCC3CCN(c4ccnc(N5CCOCC5)n4)C3C2)ncn1. The van der Waals surface area contributed by atoms with Crippen LogP contribution in [-0.2, 0) is 4.74 Å². The quantitative estimate of drug-likeness (QED) is 0.802. The van der Waals surface area contributed by atoms with Crippen molar-refractivity contribution in [1.29, 1.82) is 0 Å². The van der Waals surface area contributed by atoms with Gasteiger partial charge in [-0.15, -0.1) is 0 Å². The van der Waals surface area contributed by atoms with E-state index >= 15 is 0 Å². The first-order valence-corrected chi connectivity index (χ1v) is 9.82. The van der Waals surface area contributed by atoms with Crippen LogP contribution in [0.2, 0.25) is 0 Å². The van der Waals surface area contributed by atoms with Crippen LogP contribution in [0.25, 0.3) is 0 Å². The zero-order valence-electron chi connectivity index (χ0n) is 15.4. The van der Waals surface area contributed by atoms with Crippen LogP contribution in [-0.4, -0.2) is 71.9 Å². The molecule has 8 nitrogen and oxygen atoms in total. The van der Waals surface area contributed by atoms with Crippen molar-refractivity contribution in [3.8, 4) is 0 Å². The molecular weight excluding hydrogens is 342 g/mol. The van der Waals surface area contributed by atoms with Gasteiger partial charge in [0.25, 0.3) is 0 Å². The summed E-state index contributed by atoms with van der Waals surface area (Å²) in [5.41, 5.74) is 0. The molecule has 142 valence electrons. The second kappa shape index (κ2) is 7.26. The Morgan fingerprint density at radius 1 is 0.889 bits per heavy atom. The standard InChI is InChI=1S/C19H25N7O/c1-5-20-14-22-17(1)25-7-3-15-4-8-26(16(15)13-25)18-2-6-21-19(23-18)24-9-11-27-12-10-24/h1-2,5-6,14-16H,3-4,7-13H2. The number of ether oxygens (including phenoxy) is 1. The fourth-order valence-corrected chi connectivity index (χ4v) is 4.52. The Bertz CT molecular complexity index is 768. The first kappa shape index (κ1) is 16.7. The van der Waals surface area contributed by atoms with E-state index in [-0.39, 0.29) is 0 Å². The van der Waals surface area contributed by atoms with Gasteiger partial charge in [0.05, 0.1) is 19.3 Å². The molecule has 0 bridgehead atoms. The topological polar surface area (TPSA) is 70.5 Å². The normalized spacial score (nSPS) is 25.6. The van der Waals surface area contributed by atoms with Crippen LogP contribution < -0.4 is 14.7 Å². The van der Waals surface area contributed by atoms with E-state index in [9.17, 15) is 0 Å². The summed E-state index contributed by atoms with van der Waals surface area (Å²) < 4.78 is 5.45. The molecule has 3 aliphatic heterocycles. The number of aromatic nitrogens is 4. The Balaban J connectivity index is 1.36. The van der Waals surface area contributed by atoms with Crippen molar-refractivity contribution < 1.29 is 4.74 Å². The van der Waals surface area contributed by atoms with Crippen LogP contribution in [0.15, 0.2) is 30.9 Å². The lowest BCUT2D eigenvalue weighted by atomic mass is 9.92. The Kier molecular flexibility index (Phi) is 4.49. The predicted octanol–water partition coefficient (Wildman–Crippen LogP) is 1.21. The number of piperidine rings is 1. The molecule has 3 aliphatic rings. The van der Waals surface area contributed by atoms with Gasteiger partial charge in [-0.2, -0.15) is 4.98 Å². The van der Waals surface area contributed by atoms with Crippen molar-refractivity contribution in [1.82, 2.24) is 19.9 Å². The maximum atomic E-state index is 5.45. The van der Waals surface area contributed by atoms with E-state index in [0.29, 0.717) is 6.04 Å². The zero-order valence-corrected chi connectivity index (χ0v) is 15.4. The number of fused-ring (bicyclic) bond motifs is 1. The lowest BCUT2D eigenvalue weighted by Gasteiger charge is -2.39. The average molecular weight is 367 g/mol. The first-order valence-electron chi connectivity index (χ1n) is 9.82. The van der Waals surface area contributed by atoms with Crippen molar-refractivity contribution in [3.05, 3.63) is 30.9 Å². The maximum absolute atomic E-state index is 5.45. The summed E-state index contributed by atoms with van der Waals surface area (Å²) >= 11 is 0. The number of anilines is 3. The third kappa shape index (κ3) is 3.29. The minimum Gasteiger partial charge on any atom is -0.378 e. The molecule has 5 heterocycles. The van der Waals surface area contributed by atoms with E-state index in [4.69, 9.17) is 9.72 Å². The highest BCUT2D eigenvalue weighted by atomic mass is 16.5. The Hall–Kier alpha value is -2.48. The van der Waals surface area contributed by atoms with Crippen LogP contribution in [0.3, 0.4) is 0 Å². The molecule has 5 rings (SSSR count). The lowest BCUT2D eigenvalue weighted by Crippen LogP contribution is -2.49. The minimum atomic E-state index is 0.473. The smallest absolute Gasteiger partial charge is 0.227 e. The number of morpholine rings is 1. The molecule has 0 N–H and O–H groups in total. The molecule has 0 aromatic carbocycles. The molecule has 0 amide bonds. The molecule has 2 atom stereocenters. The largest absolute Gasteiger partial charge is 0.378 e. The highest BCUT2D eigenvalue weighted by molar-refractivity contribution is 5.48. The van der Waals surface area contributed by atoms with E-state index in [2.05, 4.69) is 35.7 Å². The van der Waals surface area contributed by atoms with Gasteiger partial charge in [0.2, 0.25) is 5.95 Å². The first-order chi connectivity index (χ1) is 13.4. The van der Waals surface area contributed by atoms with Crippen LogP contribution in [0, 0.1) is 5.92 Å². The molecule has 8 heteroatoms. The highest BCUT2D eigenvalue weighted by Crippen LogP contribution is 2.35. The van der Waals surface area contributed by atoms with Crippen LogP contribution in [0.1, 0.15) is 12.8 Å². The van der Waals surface area contributed by atoms with E-state index in [1.807, 2.05) is 18.5 Å². The Morgan fingerprint density at radius 3 is 2.59 bits per heavy atom. The molecule has 3 fully saturated rings.